The molecule has 1 saturated carbocycles. The molecular formula is C12H23NO4S. The fraction of sp³-hybridized carbons (Fsp3) is 0.917. The number of nitrogens with one attached hydrogen (secondary N) is 1. The van der Waals surface area contributed by atoms with Crippen LogP contribution in [0.5, 0.6) is 0 Å². The summed E-state index contributed by atoms with van der Waals surface area (Å²) < 4.78 is 21.9. The largest absolute Gasteiger partial charge is 0.355 e. The Morgan fingerprint density at radius 3 is 2.33 bits per heavy atom. The first-order valence-electron chi connectivity index (χ1n) is 6.18. The Kier molecular flexibility index (Phi) is 4.13. The quantitative estimate of drug-likeness (QED) is 0.778. The van der Waals surface area contributed by atoms with Gasteiger partial charge in [0.05, 0.1) is 11.7 Å². The maximum Gasteiger partial charge on any atom is 0.332 e. The molecule has 0 heterocycles. The van der Waals surface area contributed by atoms with Gasteiger partial charge in [-0.15, -0.1) is 0 Å². The van der Waals surface area contributed by atoms with Gasteiger partial charge in [-0.2, -0.15) is 0 Å². The molecule has 0 aromatic rings. The topological polar surface area (TPSA) is 72.5 Å². The maximum absolute atomic E-state index is 12.1. The average molecular weight is 277 g/mol. The highest BCUT2D eigenvalue weighted by molar-refractivity contribution is 7.88. The van der Waals surface area contributed by atoms with Crippen molar-refractivity contribution in [2.24, 2.45) is 16.7 Å². The van der Waals surface area contributed by atoms with Gasteiger partial charge in [-0.1, -0.05) is 34.1 Å². The van der Waals surface area contributed by atoms with Gasteiger partial charge in [0.15, 0.2) is 0 Å². The molecule has 106 valence electrons. The minimum absolute atomic E-state index is 0.00797. The Balaban J connectivity index is 2.72. The van der Waals surface area contributed by atoms with Crippen LogP contribution in [0, 0.1) is 16.7 Å². The lowest BCUT2D eigenvalue weighted by molar-refractivity contribution is -0.156. The van der Waals surface area contributed by atoms with Crippen molar-refractivity contribution in [2.75, 3.05) is 6.26 Å². The van der Waals surface area contributed by atoms with Crippen molar-refractivity contribution < 1.29 is 18.0 Å². The van der Waals surface area contributed by atoms with Crippen LogP contribution in [0.4, 0.5) is 0 Å². The summed E-state index contributed by atoms with van der Waals surface area (Å²) >= 11 is 0. The second-order valence-electron chi connectivity index (χ2n) is 6.45. The molecule has 2 atom stereocenters. The van der Waals surface area contributed by atoms with Crippen molar-refractivity contribution in [3.8, 4) is 0 Å². The monoisotopic (exact) mass is 277 g/mol. The Hall–Kier alpha value is -0.620. The van der Waals surface area contributed by atoms with Crippen molar-refractivity contribution >= 4 is 16.0 Å². The van der Waals surface area contributed by atoms with Gasteiger partial charge in [-0.25, -0.2) is 13.2 Å². The summed E-state index contributed by atoms with van der Waals surface area (Å²) in [5.41, 5.74) is -0.501. The van der Waals surface area contributed by atoms with Crippen molar-refractivity contribution in [3.63, 3.8) is 0 Å². The summed E-state index contributed by atoms with van der Waals surface area (Å²) in [6.45, 7) is 8.23. The smallest absolute Gasteiger partial charge is 0.332 e. The highest BCUT2D eigenvalue weighted by Crippen LogP contribution is 2.60. The van der Waals surface area contributed by atoms with E-state index in [1.807, 2.05) is 11.8 Å². The van der Waals surface area contributed by atoms with E-state index in [1.54, 1.807) is 0 Å². The standard InChI is InChI=1S/C12H23NO4S/c1-6-9-7-12(9,8-11(2,3)4)10(14)17-13-18(5,15)16/h9,13H,6-8H2,1-5H3. The minimum Gasteiger partial charge on any atom is -0.355 e. The van der Waals surface area contributed by atoms with Gasteiger partial charge in [-0.3, -0.25) is 0 Å². The fourth-order valence-electron chi connectivity index (χ4n) is 2.62. The highest BCUT2D eigenvalue weighted by atomic mass is 32.2. The zero-order valence-corrected chi connectivity index (χ0v) is 12.6. The van der Waals surface area contributed by atoms with Crippen molar-refractivity contribution in [2.45, 2.75) is 47.0 Å². The third-order valence-corrected chi connectivity index (χ3v) is 3.65. The van der Waals surface area contributed by atoms with Crippen molar-refractivity contribution in [1.82, 2.24) is 4.89 Å². The molecule has 1 aliphatic rings. The first-order valence-corrected chi connectivity index (χ1v) is 8.07. The molecule has 1 N–H and O–H groups in total. The summed E-state index contributed by atoms with van der Waals surface area (Å²) in [5.74, 6) is -0.153. The lowest BCUT2D eigenvalue weighted by Gasteiger charge is -2.25. The van der Waals surface area contributed by atoms with E-state index in [4.69, 9.17) is 4.84 Å². The Labute approximate surface area is 109 Å². The van der Waals surface area contributed by atoms with Crippen LogP contribution in [0.2, 0.25) is 0 Å². The average Bonchev–Trinajstić information content (AvgIpc) is 2.85. The molecule has 1 rings (SSSR count). The Morgan fingerprint density at radius 2 is 2.00 bits per heavy atom. The maximum atomic E-state index is 12.1. The number of sulfonamides is 1. The first-order chi connectivity index (χ1) is 8.00. The molecule has 0 spiro atoms. The third-order valence-electron chi connectivity index (χ3n) is 3.26. The first kappa shape index (κ1) is 15.4. The normalized spacial score (nSPS) is 27.9. The molecule has 0 aromatic heterocycles. The lowest BCUT2D eigenvalue weighted by Crippen LogP contribution is -2.33. The van der Waals surface area contributed by atoms with Crippen LogP contribution in [-0.4, -0.2) is 20.6 Å². The molecule has 0 bridgehead atoms. The van der Waals surface area contributed by atoms with E-state index in [1.165, 1.54) is 0 Å². The minimum atomic E-state index is -3.51. The lowest BCUT2D eigenvalue weighted by atomic mass is 9.81. The summed E-state index contributed by atoms with van der Waals surface area (Å²) in [5, 5.41) is 0. The van der Waals surface area contributed by atoms with Crippen LogP contribution < -0.4 is 4.89 Å². The van der Waals surface area contributed by atoms with Crippen LogP contribution in [0.25, 0.3) is 0 Å². The molecular weight excluding hydrogens is 254 g/mol. The molecule has 0 aliphatic heterocycles. The molecule has 0 radical (unpaired) electrons. The Bertz CT molecular complexity index is 424. The SMILES string of the molecule is CCC1CC1(CC(C)(C)C)C(=O)ONS(C)(=O)=O. The van der Waals surface area contributed by atoms with E-state index >= 15 is 0 Å². The van der Waals surface area contributed by atoms with E-state index in [0.29, 0.717) is 12.3 Å². The zero-order chi connectivity index (χ0) is 14.2. The summed E-state index contributed by atoms with van der Waals surface area (Å²) in [4.78, 5) is 18.6. The zero-order valence-electron chi connectivity index (χ0n) is 11.7. The number of hydrogen-bond donors (Lipinski definition) is 1. The number of carbonyl (C=O) groups is 1. The molecule has 1 aliphatic carbocycles. The van der Waals surface area contributed by atoms with Crippen LogP contribution in [-0.2, 0) is 19.7 Å². The van der Waals surface area contributed by atoms with E-state index in [2.05, 4.69) is 20.8 Å². The van der Waals surface area contributed by atoms with Crippen LogP contribution >= 0.6 is 0 Å². The fourth-order valence-corrected chi connectivity index (χ4v) is 2.84. The molecule has 5 nitrogen and oxygen atoms in total. The molecule has 0 saturated heterocycles. The summed E-state index contributed by atoms with van der Waals surface area (Å²) in [7, 11) is -3.51. The Morgan fingerprint density at radius 1 is 1.44 bits per heavy atom. The van der Waals surface area contributed by atoms with Gasteiger partial charge >= 0.3 is 5.97 Å². The van der Waals surface area contributed by atoms with Gasteiger partial charge in [-0.05, 0) is 29.1 Å². The van der Waals surface area contributed by atoms with Gasteiger partial charge in [0, 0.05) is 0 Å². The van der Waals surface area contributed by atoms with Crippen LogP contribution in [0.3, 0.4) is 0 Å². The second-order valence-corrected chi connectivity index (χ2v) is 8.16. The van der Waals surface area contributed by atoms with E-state index in [9.17, 15) is 13.2 Å². The number of hydrogen-bond acceptors (Lipinski definition) is 4. The van der Waals surface area contributed by atoms with Crippen molar-refractivity contribution in [1.29, 1.82) is 0 Å². The molecule has 18 heavy (non-hydrogen) atoms. The van der Waals surface area contributed by atoms with Gasteiger partial charge in [0.2, 0.25) is 10.0 Å². The van der Waals surface area contributed by atoms with Gasteiger partial charge in [0.1, 0.15) is 0 Å². The number of carbonyl (C=O) groups excluding carboxylic acids is 1. The molecule has 6 heteroatoms. The van der Waals surface area contributed by atoms with Crippen molar-refractivity contribution in [3.05, 3.63) is 0 Å². The molecule has 0 aromatic carbocycles. The van der Waals surface area contributed by atoms with Gasteiger partial charge < -0.3 is 4.84 Å². The van der Waals surface area contributed by atoms with Crippen LogP contribution in [0.15, 0.2) is 0 Å². The van der Waals surface area contributed by atoms with E-state index < -0.39 is 21.4 Å². The molecule has 0 amide bonds. The highest BCUT2D eigenvalue weighted by Gasteiger charge is 2.61. The van der Waals surface area contributed by atoms with Crippen LogP contribution in [0.1, 0.15) is 47.0 Å². The van der Waals surface area contributed by atoms with Gasteiger partial charge in [0.25, 0.3) is 0 Å². The molecule has 2 unspecified atom stereocenters. The number of rotatable bonds is 5. The van der Waals surface area contributed by atoms with E-state index in [0.717, 1.165) is 19.1 Å². The van der Waals surface area contributed by atoms with E-state index in [-0.39, 0.29) is 5.41 Å². The summed E-state index contributed by atoms with van der Waals surface area (Å²) in [6, 6.07) is 0. The predicted octanol–water partition coefficient (Wildman–Crippen LogP) is 1.85. The summed E-state index contributed by atoms with van der Waals surface area (Å²) in [6.07, 6.45) is 3.36. The third kappa shape index (κ3) is 3.95. The molecule has 1 fully saturated rings. The second kappa shape index (κ2) is 4.81. The predicted molar refractivity (Wildman–Crippen MR) is 69.0 cm³/mol.